The number of hydrogen-bond donors (Lipinski definition) is 2. The highest BCUT2D eigenvalue weighted by molar-refractivity contribution is 7.92. The predicted octanol–water partition coefficient (Wildman–Crippen LogP) is 3.39. The Balaban J connectivity index is 1.78. The van der Waals surface area contributed by atoms with E-state index < -0.39 is 16.1 Å². The van der Waals surface area contributed by atoms with E-state index in [9.17, 15) is 13.2 Å². The van der Waals surface area contributed by atoms with Crippen LogP contribution < -0.4 is 10.0 Å². The Morgan fingerprint density at radius 2 is 1.79 bits per heavy atom. The molecule has 0 aliphatic heterocycles. The number of rotatable bonds is 6. The van der Waals surface area contributed by atoms with Crippen LogP contribution >= 0.6 is 11.6 Å². The zero-order valence-corrected chi connectivity index (χ0v) is 16.8. The maximum absolute atomic E-state index is 12.6. The summed E-state index contributed by atoms with van der Waals surface area (Å²) in [5.41, 5.74) is 1.95. The number of hydrogen-bond acceptors (Lipinski definition) is 4. The molecule has 2 aromatic carbocycles. The third-order valence-corrected chi connectivity index (χ3v) is 4.90. The first-order valence-electron chi connectivity index (χ1n) is 8.43. The molecular formula is C19H19ClN4O3S. The predicted molar refractivity (Wildman–Crippen MR) is 109 cm³/mol. The number of benzene rings is 2. The van der Waals surface area contributed by atoms with E-state index in [-0.39, 0.29) is 11.6 Å². The molecule has 1 atom stereocenters. The number of nitrogens with one attached hydrogen (secondary N) is 2. The average Bonchev–Trinajstić information content (AvgIpc) is 3.11. The van der Waals surface area contributed by atoms with Gasteiger partial charge < -0.3 is 5.32 Å². The average molecular weight is 419 g/mol. The number of amides is 1. The Morgan fingerprint density at radius 3 is 2.50 bits per heavy atom. The molecule has 0 aliphatic rings. The molecule has 0 fully saturated rings. The molecule has 1 amide bonds. The topological polar surface area (TPSA) is 93.1 Å². The van der Waals surface area contributed by atoms with Crippen molar-refractivity contribution in [3.8, 4) is 5.69 Å². The zero-order valence-electron chi connectivity index (χ0n) is 15.3. The summed E-state index contributed by atoms with van der Waals surface area (Å²) in [4.78, 5) is 12.6. The summed E-state index contributed by atoms with van der Waals surface area (Å²) in [6.45, 7) is 1.77. The molecule has 7 nitrogen and oxygen atoms in total. The van der Waals surface area contributed by atoms with E-state index in [1.54, 1.807) is 55.6 Å². The monoisotopic (exact) mass is 418 g/mol. The molecule has 9 heteroatoms. The number of nitrogens with zero attached hydrogens (tertiary/aromatic N) is 2. The fourth-order valence-corrected chi connectivity index (χ4v) is 3.54. The van der Waals surface area contributed by atoms with Crippen LogP contribution in [0.4, 0.5) is 5.69 Å². The van der Waals surface area contributed by atoms with Crippen LogP contribution in [0, 0.1) is 0 Å². The Labute approximate surface area is 168 Å². The summed E-state index contributed by atoms with van der Waals surface area (Å²) < 4.78 is 27.1. The zero-order chi connectivity index (χ0) is 20.3. The van der Waals surface area contributed by atoms with E-state index in [1.807, 2.05) is 12.1 Å². The molecule has 0 spiro atoms. The van der Waals surface area contributed by atoms with Gasteiger partial charge in [0, 0.05) is 6.20 Å². The van der Waals surface area contributed by atoms with Crippen molar-refractivity contribution < 1.29 is 13.2 Å². The van der Waals surface area contributed by atoms with Crippen molar-refractivity contribution in [3.63, 3.8) is 0 Å². The number of carbonyl (C=O) groups is 1. The Kier molecular flexibility index (Phi) is 5.71. The molecule has 3 aromatic rings. The minimum Gasteiger partial charge on any atom is -0.344 e. The lowest BCUT2D eigenvalue weighted by atomic mass is 10.1. The van der Waals surface area contributed by atoms with Gasteiger partial charge in [-0.05, 0) is 36.8 Å². The molecule has 0 saturated carbocycles. The largest absolute Gasteiger partial charge is 0.344 e. The molecule has 0 aliphatic carbocycles. The molecule has 1 aromatic heterocycles. The van der Waals surface area contributed by atoms with Gasteiger partial charge in [0.05, 0.1) is 28.7 Å². The third kappa shape index (κ3) is 4.71. The molecule has 146 valence electrons. The van der Waals surface area contributed by atoms with E-state index in [4.69, 9.17) is 11.6 Å². The molecule has 1 heterocycles. The van der Waals surface area contributed by atoms with E-state index in [2.05, 4.69) is 15.1 Å². The first-order chi connectivity index (χ1) is 13.2. The van der Waals surface area contributed by atoms with Crippen LogP contribution in [-0.2, 0) is 10.0 Å². The first kappa shape index (κ1) is 19.9. The maximum Gasteiger partial charge on any atom is 0.272 e. The van der Waals surface area contributed by atoms with Crippen molar-refractivity contribution in [2.75, 3.05) is 11.0 Å². The van der Waals surface area contributed by atoms with Gasteiger partial charge in [-0.2, -0.15) is 5.10 Å². The van der Waals surface area contributed by atoms with Crippen molar-refractivity contribution in [3.05, 3.63) is 77.1 Å². The van der Waals surface area contributed by atoms with Crippen LogP contribution in [0.3, 0.4) is 0 Å². The van der Waals surface area contributed by atoms with Gasteiger partial charge in [0.1, 0.15) is 0 Å². The van der Waals surface area contributed by atoms with Crippen molar-refractivity contribution in [2.24, 2.45) is 0 Å². The molecule has 2 N–H and O–H groups in total. The van der Waals surface area contributed by atoms with Gasteiger partial charge >= 0.3 is 0 Å². The molecule has 0 saturated heterocycles. The van der Waals surface area contributed by atoms with Crippen LogP contribution in [0.2, 0.25) is 5.02 Å². The van der Waals surface area contributed by atoms with Crippen LogP contribution in [0.1, 0.15) is 29.0 Å². The van der Waals surface area contributed by atoms with E-state index in [0.717, 1.165) is 6.26 Å². The molecule has 28 heavy (non-hydrogen) atoms. The van der Waals surface area contributed by atoms with Gasteiger partial charge in [0.2, 0.25) is 10.0 Å². The lowest BCUT2D eigenvalue weighted by molar-refractivity contribution is 0.0934. The highest BCUT2D eigenvalue weighted by atomic mass is 35.5. The molecule has 3 rings (SSSR count). The van der Waals surface area contributed by atoms with Crippen molar-refractivity contribution in [1.82, 2.24) is 15.1 Å². The minimum atomic E-state index is -3.44. The van der Waals surface area contributed by atoms with Crippen molar-refractivity contribution in [1.29, 1.82) is 0 Å². The number of sulfonamides is 1. The summed E-state index contributed by atoms with van der Waals surface area (Å²) in [7, 11) is -3.44. The lowest BCUT2D eigenvalue weighted by Gasteiger charge is -2.18. The molecule has 0 bridgehead atoms. The Hall–Kier alpha value is -2.84. The second-order valence-corrected chi connectivity index (χ2v) is 8.41. The fraction of sp³-hybridized carbons (Fsp3) is 0.158. The SMILES string of the molecule is CC(NC(=O)c1ccn(-c2ccccc2Cl)n1)c1ccccc1NS(C)(=O)=O. The summed E-state index contributed by atoms with van der Waals surface area (Å²) in [5, 5.41) is 7.63. The normalized spacial score (nSPS) is 12.4. The van der Waals surface area contributed by atoms with E-state index >= 15 is 0 Å². The van der Waals surface area contributed by atoms with E-state index in [1.165, 1.54) is 4.68 Å². The first-order valence-corrected chi connectivity index (χ1v) is 10.7. The summed E-state index contributed by atoms with van der Waals surface area (Å²) in [6, 6.07) is 15.2. The van der Waals surface area contributed by atoms with Gasteiger partial charge in [0.25, 0.3) is 5.91 Å². The van der Waals surface area contributed by atoms with Gasteiger partial charge in [0.15, 0.2) is 5.69 Å². The minimum absolute atomic E-state index is 0.223. The Bertz CT molecular complexity index is 1110. The summed E-state index contributed by atoms with van der Waals surface area (Å²) in [6.07, 6.45) is 2.73. The lowest BCUT2D eigenvalue weighted by Crippen LogP contribution is -2.28. The third-order valence-electron chi connectivity index (χ3n) is 3.99. The van der Waals surface area contributed by atoms with E-state index in [0.29, 0.717) is 22.0 Å². The van der Waals surface area contributed by atoms with Gasteiger partial charge in [-0.25, -0.2) is 13.1 Å². The highest BCUT2D eigenvalue weighted by Crippen LogP contribution is 2.24. The van der Waals surface area contributed by atoms with Gasteiger partial charge in [-0.1, -0.05) is 41.9 Å². The number of carbonyl (C=O) groups excluding carboxylic acids is 1. The Morgan fingerprint density at radius 1 is 1.11 bits per heavy atom. The number of anilines is 1. The molecule has 0 radical (unpaired) electrons. The smallest absolute Gasteiger partial charge is 0.272 e. The second kappa shape index (κ2) is 8.04. The second-order valence-electron chi connectivity index (χ2n) is 6.25. The van der Waals surface area contributed by atoms with Crippen molar-refractivity contribution >= 4 is 33.2 Å². The molecule has 1 unspecified atom stereocenters. The standard InChI is InChI=1S/C19H19ClN4O3S/c1-13(14-7-3-5-9-16(14)23-28(2,26)27)21-19(25)17-11-12-24(22-17)18-10-6-4-8-15(18)20/h3-13,23H,1-2H3,(H,21,25). The molecular weight excluding hydrogens is 400 g/mol. The quantitative estimate of drug-likeness (QED) is 0.641. The van der Waals surface area contributed by atoms with Crippen LogP contribution in [0.25, 0.3) is 5.69 Å². The van der Waals surface area contributed by atoms with Gasteiger partial charge in [-0.15, -0.1) is 0 Å². The number of halogens is 1. The van der Waals surface area contributed by atoms with Crippen molar-refractivity contribution in [2.45, 2.75) is 13.0 Å². The van der Waals surface area contributed by atoms with Gasteiger partial charge in [-0.3, -0.25) is 9.52 Å². The van der Waals surface area contributed by atoms with Crippen LogP contribution in [0.15, 0.2) is 60.8 Å². The fourth-order valence-electron chi connectivity index (χ4n) is 2.73. The summed E-state index contributed by atoms with van der Waals surface area (Å²) in [5.74, 6) is -0.382. The van der Waals surface area contributed by atoms with Crippen LogP contribution in [0.5, 0.6) is 0 Å². The maximum atomic E-state index is 12.6. The summed E-state index contributed by atoms with van der Waals surface area (Å²) >= 11 is 6.16. The highest BCUT2D eigenvalue weighted by Gasteiger charge is 2.18. The number of aromatic nitrogens is 2. The van der Waals surface area contributed by atoms with Crippen LogP contribution in [-0.4, -0.2) is 30.4 Å². The number of para-hydroxylation sites is 2.